The number of halogens is 2. The first-order valence-electron chi connectivity index (χ1n) is 9.92. The van der Waals surface area contributed by atoms with Crippen LogP contribution < -0.4 is 10.6 Å². The molecule has 0 spiro atoms. The highest BCUT2D eigenvalue weighted by atomic mass is 19.1. The Morgan fingerprint density at radius 1 is 1.03 bits per heavy atom. The molecule has 1 aromatic heterocycles. The number of amides is 1. The lowest BCUT2D eigenvalue weighted by Gasteiger charge is -2.12. The number of hydrogen-bond acceptors (Lipinski definition) is 4. The summed E-state index contributed by atoms with van der Waals surface area (Å²) in [6.07, 6.45) is 2.49. The molecule has 0 aliphatic rings. The van der Waals surface area contributed by atoms with Gasteiger partial charge in [0.15, 0.2) is 5.78 Å². The molecule has 5 nitrogen and oxygen atoms in total. The molecule has 2 aromatic carbocycles. The zero-order valence-electron chi connectivity index (χ0n) is 17.3. The molecule has 0 unspecified atom stereocenters. The Balaban J connectivity index is 1.72. The van der Waals surface area contributed by atoms with Gasteiger partial charge in [0.25, 0.3) is 0 Å². The maximum Gasteiger partial charge on any atom is 0.238 e. The number of carbonyl (C=O) groups excluding carboxylic acids is 2. The first-order chi connectivity index (χ1) is 14.9. The quantitative estimate of drug-likeness (QED) is 0.523. The number of rotatable bonds is 8. The van der Waals surface area contributed by atoms with Gasteiger partial charge in [-0.15, -0.1) is 0 Å². The minimum atomic E-state index is -0.682. The summed E-state index contributed by atoms with van der Waals surface area (Å²) in [5.41, 5.74) is 3.59. The number of benzene rings is 2. The van der Waals surface area contributed by atoms with Crippen molar-refractivity contribution in [1.29, 1.82) is 0 Å². The van der Waals surface area contributed by atoms with Gasteiger partial charge in [-0.2, -0.15) is 0 Å². The van der Waals surface area contributed by atoms with Crippen molar-refractivity contribution in [2.24, 2.45) is 0 Å². The summed E-state index contributed by atoms with van der Waals surface area (Å²) in [7, 11) is 0. The maximum absolute atomic E-state index is 13.7. The van der Waals surface area contributed by atoms with Crippen molar-refractivity contribution in [2.45, 2.75) is 26.8 Å². The van der Waals surface area contributed by atoms with Gasteiger partial charge in [-0.05, 0) is 29.7 Å². The molecule has 0 atom stereocenters. The standard InChI is InChI=1S/C24H23F2N3O2/c1-3-16-5-4-6-17(9-16)19-10-22(24(15(2)30)28-13-19)29-23(31)14-27-12-18-7-8-20(25)11-21(18)26/h4-11,13,27H,3,12,14H2,1-2H3,(H,29,31). The fraction of sp³-hybridized carbons (Fsp3) is 0.208. The molecule has 0 bridgehead atoms. The average molecular weight is 423 g/mol. The second-order valence-corrected chi connectivity index (χ2v) is 7.12. The first kappa shape index (κ1) is 22.2. The second kappa shape index (κ2) is 10.0. The van der Waals surface area contributed by atoms with E-state index in [1.54, 1.807) is 12.3 Å². The van der Waals surface area contributed by atoms with E-state index in [1.165, 1.54) is 13.0 Å². The van der Waals surface area contributed by atoms with Gasteiger partial charge in [0, 0.05) is 36.9 Å². The van der Waals surface area contributed by atoms with Gasteiger partial charge in [0.2, 0.25) is 5.91 Å². The van der Waals surface area contributed by atoms with Gasteiger partial charge >= 0.3 is 0 Å². The average Bonchev–Trinajstić information content (AvgIpc) is 2.75. The minimum Gasteiger partial charge on any atom is -0.323 e. The Kier molecular flexibility index (Phi) is 7.20. The highest BCUT2D eigenvalue weighted by Crippen LogP contribution is 2.25. The lowest BCUT2D eigenvalue weighted by Crippen LogP contribution is -2.28. The Morgan fingerprint density at radius 2 is 1.84 bits per heavy atom. The van der Waals surface area contributed by atoms with Crippen LogP contribution in [0.5, 0.6) is 0 Å². The number of hydrogen-bond donors (Lipinski definition) is 2. The lowest BCUT2D eigenvalue weighted by molar-refractivity contribution is -0.115. The van der Waals surface area contributed by atoms with Crippen LogP contribution in [0, 0.1) is 11.6 Å². The number of anilines is 1. The molecule has 0 saturated heterocycles. The van der Waals surface area contributed by atoms with Crippen molar-refractivity contribution < 1.29 is 18.4 Å². The molecule has 7 heteroatoms. The highest BCUT2D eigenvalue weighted by Gasteiger charge is 2.14. The van der Waals surface area contributed by atoms with Crippen LogP contribution in [-0.4, -0.2) is 23.2 Å². The van der Waals surface area contributed by atoms with Gasteiger partial charge in [0.1, 0.15) is 17.3 Å². The number of aromatic nitrogens is 1. The topological polar surface area (TPSA) is 71.1 Å². The predicted octanol–water partition coefficient (Wildman–Crippen LogP) is 4.52. The molecule has 1 heterocycles. The molecule has 0 aliphatic carbocycles. The number of Topliss-reactive ketones (excluding diaryl/α,β-unsaturated/α-hetero) is 1. The van der Waals surface area contributed by atoms with Gasteiger partial charge in [-0.25, -0.2) is 8.78 Å². The summed E-state index contributed by atoms with van der Waals surface area (Å²) in [5, 5.41) is 5.51. The Labute approximate surface area is 179 Å². The lowest BCUT2D eigenvalue weighted by atomic mass is 10.0. The number of aryl methyl sites for hydroxylation is 1. The summed E-state index contributed by atoms with van der Waals surface area (Å²) in [5.74, 6) is -2.03. The third-order valence-electron chi connectivity index (χ3n) is 4.78. The molecule has 0 aliphatic heterocycles. The van der Waals surface area contributed by atoms with Crippen molar-refractivity contribution in [3.8, 4) is 11.1 Å². The van der Waals surface area contributed by atoms with Crippen molar-refractivity contribution >= 4 is 17.4 Å². The second-order valence-electron chi connectivity index (χ2n) is 7.12. The smallest absolute Gasteiger partial charge is 0.238 e. The van der Waals surface area contributed by atoms with Crippen LogP contribution in [0.4, 0.5) is 14.5 Å². The van der Waals surface area contributed by atoms with Crippen molar-refractivity contribution in [3.63, 3.8) is 0 Å². The number of nitrogens with one attached hydrogen (secondary N) is 2. The molecule has 0 fully saturated rings. The van der Waals surface area contributed by atoms with Gasteiger partial charge < -0.3 is 10.6 Å². The Bertz CT molecular complexity index is 1120. The van der Waals surface area contributed by atoms with E-state index in [0.29, 0.717) is 5.69 Å². The summed E-state index contributed by atoms with van der Waals surface area (Å²) in [4.78, 5) is 28.6. The molecule has 160 valence electrons. The van der Waals surface area contributed by atoms with Crippen LogP contribution in [0.15, 0.2) is 54.7 Å². The molecule has 1 amide bonds. The molecular formula is C24H23F2N3O2. The fourth-order valence-corrected chi connectivity index (χ4v) is 3.14. The highest BCUT2D eigenvalue weighted by molar-refractivity contribution is 6.03. The number of nitrogens with zero attached hydrogens (tertiary/aromatic N) is 1. The van der Waals surface area contributed by atoms with E-state index < -0.39 is 17.5 Å². The van der Waals surface area contributed by atoms with Gasteiger partial charge in [-0.3, -0.25) is 14.6 Å². The third-order valence-corrected chi connectivity index (χ3v) is 4.78. The van der Waals surface area contributed by atoms with E-state index in [1.807, 2.05) is 24.3 Å². The first-order valence-corrected chi connectivity index (χ1v) is 9.92. The molecule has 2 N–H and O–H groups in total. The summed E-state index contributed by atoms with van der Waals surface area (Å²) in [6, 6.07) is 12.9. The van der Waals surface area contributed by atoms with E-state index >= 15 is 0 Å². The van der Waals surface area contributed by atoms with Crippen LogP contribution in [0.3, 0.4) is 0 Å². The van der Waals surface area contributed by atoms with Crippen LogP contribution in [0.1, 0.15) is 35.5 Å². The predicted molar refractivity (Wildman–Crippen MR) is 116 cm³/mol. The Morgan fingerprint density at radius 3 is 2.55 bits per heavy atom. The molecular weight excluding hydrogens is 400 g/mol. The zero-order valence-corrected chi connectivity index (χ0v) is 17.3. The SMILES string of the molecule is CCc1cccc(-c2cnc(C(C)=O)c(NC(=O)CNCc3ccc(F)cc3F)c2)c1. The van der Waals surface area contributed by atoms with Crippen LogP contribution in [0.2, 0.25) is 0 Å². The summed E-state index contributed by atoms with van der Waals surface area (Å²) >= 11 is 0. The monoisotopic (exact) mass is 423 g/mol. The minimum absolute atomic E-state index is 0.0567. The zero-order chi connectivity index (χ0) is 22.4. The van der Waals surface area contributed by atoms with Crippen molar-refractivity contribution in [1.82, 2.24) is 10.3 Å². The molecule has 0 saturated carbocycles. The van der Waals surface area contributed by atoms with E-state index in [9.17, 15) is 18.4 Å². The molecule has 0 radical (unpaired) electrons. The van der Waals surface area contributed by atoms with E-state index in [-0.39, 0.29) is 30.1 Å². The number of pyridine rings is 1. The molecule has 31 heavy (non-hydrogen) atoms. The number of carbonyl (C=O) groups is 2. The van der Waals surface area contributed by atoms with Crippen LogP contribution >= 0.6 is 0 Å². The maximum atomic E-state index is 13.7. The van der Waals surface area contributed by atoms with E-state index in [2.05, 4.69) is 22.5 Å². The summed E-state index contributed by atoms with van der Waals surface area (Å²) < 4.78 is 26.7. The molecule has 3 aromatic rings. The van der Waals surface area contributed by atoms with Crippen LogP contribution in [0.25, 0.3) is 11.1 Å². The van der Waals surface area contributed by atoms with Crippen LogP contribution in [-0.2, 0) is 17.8 Å². The van der Waals surface area contributed by atoms with E-state index in [4.69, 9.17) is 0 Å². The number of ketones is 1. The van der Waals surface area contributed by atoms with Gasteiger partial charge in [-0.1, -0.05) is 37.3 Å². The third kappa shape index (κ3) is 5.79. The van der Waals surface area contributed by atoms with Crippen molar-refractivity contribution in [2.75, 3.05) is 11.9 Å². The van der Waals surface area contributed by atoms with Crippen molar-refractivity contribution in [3.05, 3.63) is 83.2 Å². The largest absolute Gasteiger partial charge is 0.323 e. The molecule has 3 rings (SSSR count). The van der Waals surface area contributed by atoms with Gasteiger partial charge in [0.05, 0.1) is 12.2 Å². The fourth-order valence-electron chi connectivity index (χ4n) is 3.14. The summed E-state index contributed by atoms with van der Waals surface area (Å²) in [6.45, 7) is 3.38. The Hall–Kier alpha value is -3.45. The normalized spacial score (nSPS) is 10.7. The van der Waals surface area contributed by atoms with E-state index in [0.717, 1.165) is 35.2 Å².